The van der Waals surface area contributed by atoms with Gasteiger partial charge in [0.15, 0.2) is 0 Å². The molecule has 0 bridgehead atoms. The molecule has 20 heavy (non-hydrogen) atoms. The van der Waals surface area contributed by atoms with E-state index in [1.54, 1.807) is 0 Å². The number of aromatic nitrogens is 2. The maximum Gasteiger partial charge on any atom is 0.311 e. The van der Waals surface area contributed by atoms with Gasteiger partial charge in [0.05, 0.1) is 37.3 Å². The molecule has 0 unspecified atom stereocenters. The summed E-state index contributed by atoms with van der Waals surface area (Å²) in [7, 11) is 1.35. The summed E-state index contributed by atoms with van der Waals surface area (Å²) in [5.74, 6) is 0.419. The summed E-state index contributed by atoms with van der Waals surface area (Å²) in [6, 6.07) is 0. The van der Waals surface area contributed by atoms with Gasteiger partial charge in [-0.1, -0.05) is 0 Å². The van der Waals surface area contributed by atoms with E-state index < -0.39 is 0 Å². The highest BCUT2D eigenvalue weighted by molar-refractivity contribution is 7.98. The van der Waals surface area contributed by atoms with Crippen LogP contribution in [0.25, 0.3) is 0 Å². The lowest BCUT2D eigenvalue weighted by atomic mass is 10.2. The van der Waals surface area contributed by atoms with Crippen LogP contribution in [0, 0.1) is 0 Å². The number of halogens is 1. The predicted molar refractivity (Wildman–Crippen MR) is 77.6 cm³/mol. The second kappa shape index (κ2) is 7.10. The van der Waals surface area contributed by atoms with Gasteiger partial charge in [-0.25, -0.2) is 4.98 Å². The van der Waals surface area contributed by atoms with E-state index in [1.807, 2.05) is 6.26 Å². The molecule has 1 saturated heterocycles. The Balaban J connectivity index is 2.36. The van der Waals surface area contributed by atoms with Gasteiger partial charge in [-0.05, 0) is 17.9 Å². The zero-order chi connectivity index (χ0) is 14.5. The van der Waals surface area contributed by atoms with Crippen LogP contribution in [-0.2, 0) is 20.7 Å². The van der Waals surface area contributed by atoms with Crippen molar-refractivity contribution in [2.45, 2.75) is 11.3 Å². The minimum Gasteiger partial charge on any atom is -0.469 e. The normalized spacial score (nSPS) is 15.2. The quantitative estimate of drug-likeness (QED) is 0.472. The molecule has 0 spiro atoms. The average molecular weight is 318 g/mol. The summed E-state index contributed by atoms with van der Waals surface area (Å²) in [5, 5.41) is 0.142. The van der Waals surface area contributed by atoms with Crippen LogP contribution in [0.3, 0.4) is 0 Å². The van der Waals surface area contributed by atoms with E-state index >= 15 is 0 Å². The second-order valence-corrected chi connectivity index (χ2v) is 5.30. The van der Waals surface area contributed by atoms with Gasteiger partial charge < -0.3 is 14.4 Å². The third-order valence-electron chi connectivity index (χ3n) is 2.94. The van der Waals surface area contributed by atoms with Crippen molar-refractivity contribution < 1.29 is 14.3 Å². The van der Waals surface area contributed by atoms with E-state index in [2.05, 4.69) is 14.9 Å². The molecule has 0 atom stereocenters. The molecule has 1 aromatic rings. The summed E-state index contributed by atoms with van der Waals surface area (Å²) in [5.41, 5.74) is 0.603. The number of methoxy groups -OCH3 is 1. The van der Waals surface area contributed by atoms with Gasteiger partial charge in [0.1, 0.15) is 5.82 Å². The molecule has 1 aliphatic rings. The van der Waals surface area contributed by atoms with Gasteiger partial charge in [-0.15, -0.1) is 11.8 Å². The lowest BCUT2D eigenvalue weighted by Gasteiger charge is -2.29. The molecule has 2 heterocycles. The zero-order valence-corrected chi connectivity index (χ0v) is 13.0. The molecule has 1 fully saturated rings. The highest BCUT2D eigenvalue weighted by atomic mass is 35.5. The molecule has 2 rings (SSSR count). The maximum absolute atomic E-state index is 11.5. The van der Waals surface area contributed by atoms with Crippen LogP contribution in [0.5, 0.6) is 0 Å². The smallest absolute Gasteiger partial charge is 0.311 e. The number of rotatable bonds is 4. The van der Waals surface area contributed by atoms with Crippen LogP contribution in [0.4, 0.5) is 5.82 Å². The number of morpholine rings is 1. The highest BCUT2D eigenvalue weighted by Crippen LogP contribution is 2.31. The molecule has 0 radical (unpaired) electrons. The van der Waals surface area contributed by atoms with Gasteiger partial charge in [-0.2, -0.15) is 4.98 Å². The zero-order valence-electron chi connectivity index (χ0n) is 11.4. The van der Waals surface area contributed by atoms with E-state index in [0.717, 1.165) is 23.8 Å². The number of carbonyl (C=O) groups excluding carboxylic acids is 1. The third-order valence-corrected chi connectivity index (χ3v) is 3.94. The topological polar surface area (TPSA) is 64.5 Å². The molecule has 0 amide bonds. The number of hydrogen-bond donors (Lipinski definition) is 0. The van der Waals surface area contributed by atoms with Gasteiger partial charge >= 0.3 is 5.97 Å². The molecule has 8 heteroatoms. The molecule has 110 valence electrons. The van der Waals surface area contributed by atoms with E-state index in [1.165, 1.54) is 18.9 Å². The number of anilines is 1. The lowest BCUT2D eigenvalue weighted by molar-refractivity contribution is -0.139. The molecule has 0 N–H and O–H groups in total. The molecule has 1 aromatic heterocycles. The summed E-state index contributed by atoms with van der Waals surface area (Å²) >= 11 is 7.49. The number of esters is 1. The summed E-state index contributed by atoms with van der Waals surface area (Å²) in [4.78, 5) is 22.9. The summed E-state index contributed by atoms with van der Waals surface area (Å²) in [6.07, 6.45) is 2.02. The predicted octanol–water partition coefficient (Wildman–Crippen LogP) is 1.40. The molecule has 1 aliphatic heterocycles. The van der Waals surface area contributed by atoms with E-state index in [9.17, 15) is 4.79 Å². The van der Waals surface area contributed by atoms with Crippen LogP contribution in [0.1, 0.15) is 5.69 Å². The van der Waals surface area contributed by atoms with Gasteiger partial charge in [0.2, 0.25) is 5.28 Å². The second-order valence-electron chi connectivity index (χ2n) is 4.15. The van der Waals surface area contributed by atoms with Crippen molar-refractivity contribution in [3.63, 3.8) is 0 Å². The van der Waals surface area contributed by atoms with Crippen LogP contribution in [0.15, 0.2) is 4.90 Å². The van der Waals surface area contributed by atoms with Crippen molar-refractivity contribution in [2.24, 2.45) is 0 Å². The molecule has 0 aliphatic carbocycles. The van der Waals surface area contributed by atoms with Crippen LogP contribution >= 0.6 is 23.4 Å². The van der Waals surface area contributed by atoms with Crippen LogP contribution in [0.2, 0.25) is 5.28 Å². The van der Waals surface area contributed by atoms with Gasteiger partial charge in [-0.3, -0.25) is 4.79 Å². The van der Waals surface area contributed by atoms with Crippen molar-refractivity contribution in [3.8, 4) is 0 Å². The summed E-state index contributed by atoms with van der Waals surface area (Å²) < 4.78 is 10.0. The number of nitrogens with zero attached hydrogens (tertiary/aromatic N) is 3. The standard InChI is InChI=1S/C12H16ClN3O3S/c1-18-9(17)7-8-10(20-2)11(15-12(13)14-8)16-3-5-19-6-4-16/h3-7H2,1-2H3. The monoisotopic (exact) mass is 317 g/mol. The fourth-order valence-corrected chi connectivity index (χ4v) is 2.87. The Kier molecular flexibility index (Phi) is 5.45. The number of thioether (sulfide) groups is 1. The first-order valence-electron chi connectivity index (χ1n) is 6.15. The molecular weight excluding hydrogens is 302 g/mol. The minimum absolute atomic E-state index is 0.0895. The Hall–Kier alpha value is -1.05. The van der Waals surface area contributed by atoms with Crippen molar-refractivity contribution >= 4 is 35.1 Å². The largest absolute Gasteiger partial charge is 0.469 e. The third kappa shape index (κ3) is 3.53. The summed E-state index contributed by atoms with van der Waals surface area (Å²) in [6.45, 7) is 2.81. The van der Waals surface area contributed by atoms with Crippen LogP contribution < -0.4 is 4.90 Å². The van der Waals surface area contributed by atoms with Crippen LogP contribution in [-0.4, -0.2) is 55.6 Å². The first-order chi connectivity index (χ1) is 9.65. The molecule has 0 saturated carbocycles. The molecule has 6 nitrogen and oxygen atoms in total. The lowest BCUT2D eigenvalue weighted by Crippen LogP contribution is -2.37. The fraction of sp³-hybridized carbons (Fsp3) is 0.583. The number of hydrogen-bond acceptors (Lipinski definition) is 7. The fourth-order valence-electron chi connectivity index (χ4n) is 1.98. The molecular formula is C12H16ClN3O3S. The van der Waals surface area contributed by atoms with Gasteiger partial charge in [0, 0.05) is 13.1 Å². The first-order valence-corrected chi connectivity index (χ1v) is 7.76. The van der Waals surface area contributed by atoms with E-state index in [4.69, 9.17) is 21.1 Å². The molecule has 0 aromatic carbocycles. The van der Waals surface area contributed by atoms with E-state index in [-0.39, 0.29) is 17.7 Å². The minimum atomic E-state index is -0.344. The Labute approximate surface area is 126 Å². The van der Waals surface area contributed by atoms with Crippen molar-refractivity contribution in [3.05, 3.63) is 11.0 Å². The number of carbonyl (C=O) groups is 1. The van der Waals surface area contributed by atoms with Crippen molar-refractivity contribution in [1.29, 1.82) is 0 Å². The highest BCUT2D eigenvalue weighted by Gasteiger charge is 2.22. The van der Waals surface area contributed by atoms with Crippen molar-refractivity contribution in [2.75, 3.05) is 44.6 Å². The first kappa shape index (κ1) is 15.3. The Morgan fingerprint density at radius 2 is 2.15 bits per heavy atom. The van der Waals surface area contributed by atoms with E-state index in [0.29, 0.717) is 18.9 Å². The Bertz CT molecular complexity index is 495. The van der Waals surface area contributed by atoms with Gasteiger partial charge in [0.25, 0.3) is 0 Å². The SMILES string of the molecule is COC(=O)Cc1nc(Cl)nc(N2CCOCC2)c1SC. The van der Waals surface area contributed by atoms with Crippen molar-refractivity contribution in [1.82, 2.24) is 9.97 Å². The Morgan fingerprint density at radius 3 is 2.75 bits per heavy atom. The maximum atomic E-state index is 11.5. The Morgan fingerprint density at radius 1 is 1.45 bits per heavy atom. The number of ether oxygens (including phenoxy) is 2. The average Bonchev–Trinajstić information content (AvgIpc) is 2.47.